The Kier molecular flexibility index (Phi) is 7.68. The van der Waals surface area contributed by atoms with Crippen molar-refractivity contribution in [2.24, 2.45) is 5.92 Å². The molecule has 0 radical (unpaired) electrons. The van der Waals surface area contributed by atoms with E-state index in [4.69, 9.17) is 4.98 Å². The Bertz CT molecular complexity index is 2140. The van der Waals surface area contributed by atoms with Gasteiger partial charge in [0.15, 0.2) is 0 Å². The van der Waals surface area contributed by atoms with Crippen molar-refractivity contribution in [1.82, 2.24) is 30.1 Å². The van der Waals surface area contributed by atoms with Gasteiger partial charge in [0.25, 0.3) is 0 Å². The van der Waals surface area contributed by atoms with E-state index in [-0.39, 0.29) is 24.0 Å². The number of anilines is 1. The highest BCUT2D eigenvalue weighted by molar-refractivity contribution is 7.90. The molecule has 1 amide bonds. The molecule has 10 nitrogen and oxygen atoms in total. The molecule has 12 heteroatoms. The van der Waals surface area contributed by atoms with E-state index in [1.54, 1.807) is 30.7 Å². The molecule has 5 aromatic heterocycles. The maximum atomic E-state index is 14.6. The van der Waals surface area contributed by atoms with Crippen molar-refractivity contribution >= 4 is 43.5 Å². The standard InChI is InChI=1S/C32H30FN7O3S/c1-18(2)10-29(41)36-23-14-21(16-34-17-23)26-4-5-27-30(37-26)31(40-39-27)28-15-25-24(6-8-35-32(25)38-28)20-11-19(12-22(33)13-20)7-9-44(3,42)43/h4-6,8,11-18H,7,9-10H2,1-3H3,(H,35,38)(H,36,41)(H,39,40). The van der Waals surface area contributed by atoms with Crippen LogP contribution in [-0.4, -0.2) is 56.5 Å². The first-order chi connectivity index (χ1) is 21.0. The molecule has 3 N–H and O–H groups in total. The van der Waals surface area contributed by atoms with Gasteiger partial charge in [-0.3, -0.25) is 14.9 Å². The zero-order valence-electron chi connectivity index (χ0n) is 24.3. The molecule has 0 unspecified atom stereocenters. The van der Waals surface area contributed by atoms with Gasteiger partial charge in [0, 0.05) is 36.0 Å². The summed E-state index contributed by atoms with van der Waals surface area (Å²) >= 11 is 0. The summed E-state index contributed by atoms with van der Waals surface area (Å²) in [4.78, 5) is 29.2. The number of pyridine rings is 3. The van der Waals surface area contributed by atoms with Crippen molar-refractivity contribution in [1.29, 1.82) is 0 Å². The maximum Gasteiger partial charge on any atom is 0.224 e. The topological polar surface area (TPSA) is 146 Å². The molecule has 1 aromatic carbocycles. The summed E-state index contributed by atoms with van der Waals surface area (Å²) in [6.45, 7) is 3.98. The van der Waals surface area contributed by atoms with E-state index in [0.29, 0.717) is 51.5 Å². The van der Waals surface area contributed by atoms with Gasteiger partial charge in [0.05, 0.1) is 34.5 Å². The largest absolute Gasteiger partial charge is 0.338 e. The monoisotopic (exact) mass is 611 g/mol. The second-order valence-electron chi connectivity index (χ2n) is 11.3. The van der Waals surface area contributed by atoms with Gasteiger partial charge in [-0.15, -0.1) is 0 Å². The molecule has 224 valence electrons. The lowest BCUT2D eigenvalue weighted by atomic mass is 10.00. The van der Waals surface area contributed by atoms with Crippen molar-refractivity contribution in [2.75, 3.05) is 17.3 Å². The first-order valence-electron chi connectivity index (χ1n) is 14.1. The average molecular weight is 612 g/mol. The molecule has 0 aliphatic rings. The molecule has 44 heavy (non-hydrogen) atoms. The summed E-state index contributed by atoms with van der Waals surface area (Å²) in [5.41, 5.74) is 7.12. The van der Waals surface area contributed by atoms with Crippen LogP contribution in [0.5, 0.6) is 0 Å². The highest BCUT2D eigenvalue weighted by atomic mass is 32.2. The number of rotatable bonds is 9. The normalized spacial score (nSPS) is 11.9. The summed E-state index contributed by atoms with van der Waals surface area (Å²) in [5.74, 6) is -0.344. The number of halogens is 1. The molecule has 0 bridgehead atoms. The van der Waals surface area contributed by atoms with E-state index < -0.39 is 15.7 Å². The van der Waals surface area contributed by atoms with Crippen LogP contribution in [0.4, 0.5) is 10.1 Å². The van der Waals surface area contributed by atoms with Crippen LogP contribution in [0.15, 0.2) is 67.1 Å². The number of aromatic nitrogens is 6. The van der Waals surface area contributed by atoms with Gasteiger partial charge in [0.2, 0.25) is 5.91 Å². The number of benzene rings is 1. The van der Waals surface area contributed by atoms with Crippen molar-refractivity contribution in [2.45, 2.75) is 26.7 Å². The van der Waals surface area contributed by atoms with E-state index in [0.717, 1.165) is 22.0 Å². The van der Waals surface area contributed by atoms with Gasteiger partial charge in [0.1, 0.15) is 32.5 Å². The summed E-state index contributed by atoms with van der Waals surface area (Å²) in [7, 11) is -3.19. The molecule has 6 rings (SSSR count). The molecule has 0 saturated carbocycles. The molecule has 6 aromatic rings. The third-order valence-corrected chi connectivity index (χ3v) is 8.08. The van der Waals surface area contributed by atoms with Crippen molar-refractivity contribution in [3.8, 4) is 33.8 Å². The number of fused-ring (bicyclic) bond motifs is 2. The summed E-state index contributed by atoms with van der Waals surface area (Å²) in [5, 5.41) is 11.2. The summed E-state index contributed by atoms with van der Waals surface area (Å²) < 4.78 is 38.0. The number of nitrogens with one attached hydrogen (secondary N) is 3. The minimum absolute atomic E-state index is 0.0652. The predicted molar refractivity (Wildman–Crippen MR) is 169 cm³/mol. The minimum atomic E-state index is -3.19. The third-order valence-electron chi connectivity index (χ3n) is 7.14. The number of aromatic amines is 2. The van der Waals surface area contributed by atoms with Crippen molar-refractivity contribution in [3.63, 3.8) is 0 Å². The molecule has 0 spiro atoms. The van der Waals surface area contributed by atoms with Crippen LogP contribution in [0, 0.1) is 11.7 Å². The van der Waals surface area contributed by atoms with E-state index in [1.165, 1.54) is 18.4 Å². The number of carbonyl (C=O) groups is 1. The number of hydrogen-bond acceptors (Lipinski definition) is 7. The fourth-order valence-corrected chi connectivity index (χ4v) is 5.74. The van der Waals surface area contributed by atoms with E-state index in [9.17, 15) is 17.6 Å². The van der Waals surface area contributed by atoms with Crippen LogP contribution in [0.1, 0.15) is 25.8 Å². The maximum absolute atomic E-state index is 14.6. The first-order valence-corrected chi connectivity index (χ1v) is 16.1. The summed E-state index contributed by atoms with van der Waals surface area (Å²) in [6.07, 6.45) is 6.72. The van der Waals surface area contributed by atoms with Crippen LogP contribution in [0.3, 0.4) is 0 Å². The van der Waals surface area contributed by atoms with Crippen LogP contribution in [0.2, 0.25) is 0 Å². The van der Waals surface area contributed by atoms with E-state index in [2.05, 4.69) is 30.5 Å². The number of carbonyl (C=O) groups excluding carboxylic acids is 1. The molecule has 0 fully saturated rings. The predicted octanol–water partition coefficient (Wildman–Crippen LogP) is 5.94. The van der Waals surface area contributed by atoms with Gasteiger partial charge in [-0.2, -0.15) is 5.10 Å². The Morgan fingerprint density at radius 1 is 1.05 bits per heavy atom. The van der Waals surface area contributed by atoms with Crippen molar-refractivity contribution < 1.29 is 17.6 Å². The second kappa shape index (κ2) is 11.6. The fourth-order valence-electron chi connectivity index (χ4n) is 5.14. The third kappa shape index (κ3) is 6.35. The SMILES string of the molecule is CC(C)CC(=O)Nc1cncc(-c2ccc3[nH]nc(-c4cc5c(-c6cc(F)cc(CCS(C)(=O)=O)c6)ccnc5[nH]4)c3n2)c1. The average Bonchev–Trinajstić information content (AvgIpc) is 3.59. The van der Waals surface area contributed by atoms with Gasteiger partial charge in [-0.1, -0.05) is 19.9 Å². The van der Waals surface area contributed by atoms with Gasteiger partial charge >= 0.3 is 0 Å². The number of H-pyrrole nitrogens is 2. The van der Waals surface area contributed by atoms with Crippen LogP contribution < -0.4 is 5.32 Å². The Morgan fingerprint density at radius 2 is 1.89 bits per heavy atom. The molecule has 0 atom stereocenters. The first kappa shape index (κ1) is 29.1. The van der Waals surface area contributed by atoms with E-state index in [1.807, 2.05) is 38.1 Å². The molecular weight excluding hydrogens is 581 g/mol. The Morgan fingerprint density at radius 3 is 2.68 bits per heavy atom. The Hall–Kier alpha value is -4.97. The van der Waals surface area contributed by atoms with Gasteiger partial charge in [-0.25, -0.2) is 22.8 Å². The summed E-state index contributed by atoms with van der Waals surface area (Å²) in [6, 6.07) is 13.9. The molecule has 0 saturated heterocycles. The zero-order chi connectivity index (χ0) is 31.0. The Balaban J connectivity index is 1.36. The molecule has 5 heterocycles. The number of sulfone groups is 1. The zero-order valence-corrected chi connectivity index (χ0v) is 25.2. The molecule has 0 aliphatic heterocycles. The minimum Gasteiger partial charge on any atom is -0.338 e. The lowest BCUT2D eigenvalue weighted by Gasteiger charge is -2.08. The fraction of sp³-hybridized carbons (Fsp3) is 0.219. The van der Waals surface area contributed by atoms with Crippen LogP contribution >= 0.6 is 0 Å². The van der Waals surface area contributed by atoms with Gasteiger partial charge < -0.3 is 10.3 Å². The lowest BCUT2D eigenvalue weighted by Crippen LogP contribution is -2.14. The number of amides is 1. The van der Waals surface area contributed by atoms with Gasteiger partial charge in [-0.05, 0) is 71.5 Å². The number of nitrogens with zero attached hydrogens (tertiary/aromatic N) is 4. The Labute approximate surface area is 253 Å². The highest BCUT2D eigenvalue weighted by Crippen LogP contribution is 2.34. The molecular formula is C32H30FN7O3S. The van der Waals surface area contributed by atoms with Crippen LogP contribution in [0.25, 0.3) is 55.8 Å². The molecule has 0 aliphatic carbocycles. The number of aryl methyl sites for hydroxylation is 1. The highest BCUT2D eigenvalue weighted by Gasteiger charge is 2.17. The van der Waals surface area contributed by atoms with E-state index >= 15 is 0 Å². The van der Waals surface area contributed by atoms with Crippen LogP contribution in [-0.2, 0) is 21.1 Å². The number of hydrogen-bond donors (Lipinski definition) is 3. The lowest BCUT2D eigenvalue weighted by molar-refractivity contribution is -0.116. The smallest absolute Gasteiger partial charge is 0.224 e. The second-order valence-corrected chi connectivity index (χ2v) is 13.6. The van der Waals surface area contributed by atoms with Crippen molar-refractivity contribution in [3.05, 3.63) is 78.5 Å². The quantitative estimate of drug-likeness (QED) is 0.183.